The molecule has 4 N–H and O–H groups in total. The molecule has 0 aromatic carbocycles. The van der Waals surface area contributed by atoms with E-state index >= 15 is 0 Å². The van der Waals surface area contributed by atoms with Crippen LogP contribution in [0.3, 0.4) is 0 Å². The molecule has 0 rings (SSSR count). The predicted molar refractivity (Wildman–Crippen MR) is 54.4 cm³/mol. The van der Waals surface area contributed by atoms with Crippen LogP contribution in [0, 0.1) is 0 Å². The number of aliphatic hydroxyl groups excluding tert-OH is 2. The third-order valence-electron chi connectivity index (χ3n) is 2.21. The van der Waals surface area contributed by atoms with Crippen molar-refractivity contribution in [2.45, 2.75) is 57.7 Å². The first kappa shape index (κ1) is 12.9. The van der Waals surface area contributed by atoms with Crippen molar-refractivity contribution in [1.29, 1.82) is 0 Å². The van der Waals surface area contributed by atoms with Gasteiger partial charge in [-0.3, -0.25) is 0 Å². The summed E-state index contributed by atoms with van der Waals surface area (Å²) in [5, 5.41) is 18.6. The van der Waals surface area contributed by atoms with Crippen molar-refractivity contribution in [3.63, 3.8) is 0 Å². The summed E-state index contributed by atoms with van der Waals surface area (Å²) in [6, 6.07) is 0. The summed E-state index contributed by atoms with van der Waals surface area (Å²) in [7, 11) is 0. The van der Waals surface area contributed by atoms with Crippen LogP contribution in [0.4, 0.5) is 0 Å². The number of nitrogens with two attached hydrogens (primary N) is 1. The molecule has 0 fully saturated rings. The van der Waals surface area contributed by atoms with E-state index in [4.69, 9.17) is 10.8 Å². The fraction of sp³-hybridized carbons (Fsp3) is 1.00. The molecule has 0 aliphatic rings. The monoisotopic (exact) mass is 189 g/mol. The molecular weight excluding hydrogens is 166 g/mol. The third-order valence-corrected chi connectivity index (χ3v) is 2.21. The van der Waals surface area contributed by atoms with Crippen LogP contribution in [0.1, 0.15) is 45.4 Å². The summed E-state index contributed by atoms with van der Waals surface area (Å²) in [5.74, 6) is 0. The molecule has 0 heterocycles. The largest absolute Gasteiger partial charge is 0.393 e. The van der Waals surface area contributed by atoms with E-state index in [1.807, 2.05) is 0 Å². The van der Waals surface area contributed by atoms with Gasteiger partial charge in [0.1, 0.15) is 0 Å². The zero-order chi connectivity index (χ0) is 10.1. The maximum absolute atomic E-state index is 9.43. The van der Waals surface area contributed by atoms with E-state index in [-0.39, 0.29) is 12.6 Å². The van der Waals surface area contributed by atoms with Gasteiger partial charge in [-0.25, -0.2) is 0 Å². The van der Waals surface area contributed by atoms with Crippen LogP contribution in [-0.2, 0) is 0 Å². The lowest BCUT2D eigenvalue weighted by molar-refractivity contribution is 0.0783. The second kappa shape index (κ2) is 8.48. The van der Waals surface area contributed by atoms with Crippen molar-refractivity contribution in [2.75, 3.05) is 6.54 Å². The molecule has 80 valence electrons. The third kappa shape index (κ3) is 8.22. The zero-order valence-electron chi connectivity index (χ0n) is 8.58. The Kier molecular flexibility index (Phi) is 8.40. The molecule has 0 bridgehead atoms. The summed E-state index contributed by atoms with van der Waals surface area (Å²) in [6.07, 6.45) is 4.95. The molecule has 3 heteroatoms. The lowest BCUT2D eigenvalue weighted by Crippen LogP contribution is -2.25. The first-order valence-corrected chi connectivity index (χ1v) is 5.26. The summed E-state index contributed by atoms with van der Waals surface area (Å²) < 4.78 is 0. The first-order chi connectivity index (χ1) is 6.20. The molecule has 0 aliphatic heterocycles. The molecule has 0 aliphatic carbocycles. The Balaban J connectivity index is 3.24. The SMILES string of the molecule is CCCCCCC(O)CC(O)CN. The second-order valence-electron chi connectivity index (χ2n) is 3.63. The highest BCUT2D eigenvalue weighted by Gasteiger charge is 2.09. The van der Waals surface area contributed by atoms with Crippen molar-refractivity contribution in [3.05, 3.63) is 0 Å². The molecule has 0 aromatic rings. The molecule has 0 radical (unpaired) electrons. The Labute approximate surface area is 81.0 Å². The summed E-state index contributed by atoms with van der Waals surface area (Å²) in [6.45, 7) is 2.40. The van der Waals surface area contributed by atoms with Gasteiger partial charge in [-0.05, 0) is 6.42 Å². The van der Waals surface area contributed by atoms with Gasteiger partial charge < -0.3 is 15.9 Å². The maximum atomic E-state index is 9.43. The highest BCUT2D eigenvalue weighted by molar-refractivity contribution is 4.63. The van der Waals surface area contributed by atoms with E-state index in [1.165, 1.54) is 19.3 Å². The molecule has 3 nitrogen and oxygen atoms in total. The molecule has 0 saturated heterocycles. The van der Waals surface area contributed by atoms with E-state index in [0.717, 1.165) is 12.8 Å². The molecule has 0 amide bonds. The van der Waals surface area contributed by atoms with Gasteiger partial charge in [-0.1, -0.05) is 32.6 Å². The van der Waals surface area contributed by atoms with Crippen molar-refractivity contribution >= 4 is 0 Å². The predicted octanol–water partition coefficient (Wildman–Crippen LogP) is 1.03. The van der Waals surface area contributed by atoms with Crippen molar-refractivity contribution in [3.8, 4) is 0 Å². The molecular formula is C10H23NO2. The van der Waals surface area contributed by atoms with E-state index in [2.05, 4.69) is 6.92 Å². The second-order valence-corrected chi connectivity index (χ2v) is 3.63. The lowest BCUT2D eigenvalue weighted by atomic mass is 10.0. The van der Waals surface area contributed by atoms with Crippen LogP contribution >= 0.6 is 0 Å². The van der Waals surface area contributed by atoms with Crippen LogP contribution in [-0.4, -0.2) is 29.0 Å². The Morgan fingerprint density at radius 1 is 1.08 bits per heavy atom. The average Bonchev–Trinajstić information content (AvgIpc) is 2.12. The van der Waals surface area contributed by atoms with Gasteiger partial charge in [0.15, 0.2) is 0 Å². The summed E-state index contributed by atoms with van der Waals surface area (Å²) in [5.41, 5.74) is 5.24. The molecule has 0 spiro atoms. The number of rotatable bonds is 8. The minimum absolute atomic E-state index is 0.242. The number of unbranched alkanes of at least 4 members (excludes halogenated alkanes) is 3. The quantitative estimate of drug-likeness (QED) is 0.500. The van der Waals surface area contributed by atoms with E-state index in [9.17, 15) is 5.11 Å². The topological polar surface area (TPSA) is 66.5 Å². The van der Waals surface area contributed by atoms with Crippen LogP contribution in [0.2, 0.25) is 0 Å². The Bertz CT molecular complexity index is 109. The number of aliphatic hydroxyl groups is 2. The number of hydrogen-bond donors (Lipinski definition) is 3. The molecule has 13 heavy (non-hydrogen) atoms. The van der Waals surface area contributed by atoms with E-state index in [0.29, 0.717) is 6.42 Å². The fourth-order valence-corrected chi connectivity index (χ4v) is 1.33. The first-order valence-electron chi connectivity index (χ1n) is 5.26. The fourth-order valence-electron chi connectivity index (χ4n) is 1.33. The Hall–Kier alpha value is -0.120. The molecule has 0 aromatic heterocycles. The molecule has 2 atom stereocenters. The van der Waals surface area contributed by atoms with Crippen molar-refractivity contribution < 1.29 is 10.2 Å². The minimum atomic E-state index is -0.541. The zero-order valence-corrected chi connectivity index (χ0v) is 8.58. The average molecular weight is 189 g/mol. The lowest BCUT2D eigenvalue weighted by Gasteiger charge is -2.13. The van der Waals surface area contributed by atoms with E-state index in [1.54, 1.807) is 0 Å². The summed E-state index contributed by atoms with van der Waals surface area (Å²) >= 11 is 0. The molecule has 0 saturated carbocycles. The normalized spacial score (nSPS) is 15.7. The van der Waals surface area contributed by atoms with Gasteiger partial charge >= 0.3 is 0 Å². The van der Waals surface area contributed by atoms with Gasteiger partial charge in [-0.15, -0.1) is 0 Å². The van der Waals surface area contributed by atoms with Gasteiger partial charge in [0.25, 0.3) is 0 Å². The van der Waals surface area contributed by atoms with E-state index < -0.39 is 6.10 Å². The highest BCUT2D eigenvalue weighted by atomic mass is 16.3. The molecule has 2 unspecified atom stereocenters. The van der Waals surface area contributed by atoms with Crippen LogP contribution in [0.5, 0.6) is 0 Å². The van der Waals surface area contributed by atoms with Gasteiger partial charge in [-0.2, -0.15) is 0 Å². The maximum Gasteiger partial charge on any atom is 0.0687 e. The van der Waals surface area contributed by atoms with Crippen molar-refractivity contribution in [2.24, 2.45) is 5.73 Å². The Morgan fingerprint density at radius 3 is 2.31 bits per heavy atom. The smallest absolute Gasteiger partial charge is 0.0687 e. The number of hydrogen-bond acceptors (Lipinski definition) is 3. The Morgan fingerprint density at radius 2 is 1.77 bits per heavy atom. The highest BCUT2D eigenvalue weighted by Crippen LogP contribution is 2.09. The van der Waals surface area contributed by atoms with Gasteiger partial charge in [0.05, 0.1) is 12.2 Å². The standard InChI is InChI=1S/C10H23NO2/c1-2-3-4-5-6-9(12)7-10(13)8-11/h9-10,12-13H,2-8,11H2,1H3. The summed E-state index contributed by atoms with van der Waals surface area (Å²) in [4.78, 5) is 0. The van der Waals surface area contributed by atoms with Crippen LogP contribution in [0.25, 0.3) is 0 Å². The van der Waals surface area contributed by atoms with Crippen LogP contribution < -0.4 is 5.73 Å². The van der Waals surface area contributed by atoms with Gasteiger partial charge in [0.2, 0.25) is 0 Å². The minimum Gasteiger partial charge on any atom is -0.393 e. The van der Waals surface area contributed by atoms with Crippen LogP contribution in [0.15, 0.2) is 0 Å². The van der Waals surface area contributed by atoms with Crippen molar-refractivity contribution in [1.82, 2.24) is 0 Å². The van der Waals surface area contributed by atoms with Gasteiger partial charge in [0, 0.05) is 13.0 Å².